The van der Waals surface area contributed by atoms with Gasteiger partial charge in [0.25, 0.3) is 5.56 Å². The molecule has 3 rings (SSSR count). The number of nitrogens with zero attached hydrogens (tertiary/aromatic N) is 2. The van der Waals surface area contributed by atoms with E-state index in [-0.39, 0.29) is 5.56 Å². The van der Waals surface area contributed by atoms with E-state index in [1.807, 2.05) is 6.92 Å². The number of ether oxygens (including phenoxy) is 2. The minimum absolute atomic E-state index is 0.121. The third-order valence-corrected chi connectivity index (χ3v) is 5.02. The van der Waals surface area contributed by atoms with E-state index < -0.39 is 5.97 Å². The Morgan fingerprint density at radius 1 is 1.24 bits per heavy atom. The van der Waals surface area contributed by atoms with Crippen molar-refractivity contribution in [2.75, 3.05) is 7.11 Å². The largest absolute Gasteiger partial charge is 0.497 e. The number of fused-ring (bicyclic) bond motifs is 1. The first kappa shape index (κ1) is 17.2. The van der Waals surface area contributed by atoms with Crippen LogP contribution in [-0.4, -0.2) is 22.6 Å². The van der Waals surface area contributed by atoms with Gasteiger partial charge in [-0.25, -0.2) is 9.78 Å². The lowest BCUT2D eigenvalue weighted by Crippen LogP contribution is -2.20. The summed E-state index contributed by atoms with van der Waals surface area (Å²) in [5.41, 5.74) is 0.491. The lowest BCUT2D eigenvalue weighted by molar-refractivity contribution is 0.0739. The van der Waals surface area contributed by atoms with Crippen LogP contribution >= 0.6 is 11.3 Å². The van der Waals surface area contributed by atoms with Gasteiger partial charge in [-0.2, -0.15) is 0 Å². The van der Waals surface area contributed by atoms with Gasteiger partial charge in [-0.1, -0.05) is 6.92 Å². The number of benzene rings is 1. The summed E-state index contributed by atoms with van der Waals surface area (Å²) in [6.07, 6.45) is 2.37. The highest BCUT2D eigenvalue weighted by molar-refractivity contribution is 7.20. The summed E-state index contributed by atoms with van der Waals surface area (Å²) in [5, 5.41) is 0.489. The molecule has 6 nitrogen and oxygen atoms in total. The lowest BCUT2D eigenvalue weighted by Gasteiger charge is -2.05. The van der Waals surface area contributed by atoms with Crippen molar-refractivity contribution in [3.05, 3.63) is 51.4 Å². The molecule has 0 atom stereocenters. The first-order valence-corrected chi connectivity index (χ1v) is 8.71. The zero-order valence-corrected chi connectivity index (χ0v) is 15.1. The standard InChI is InChI=1S/C18H18N2O4S/c1-4-9-20-10-19-16-14(17(20)21)11(2)15(25-16)18(22)24-13-7-5-12(23-3)6-8-13/h5-8,10H,4,9H2,1-3H3. The second-order valence-electron chi connectivity index (χ2n) is 5.54. The summed E-state index contributed by atoms with van der Waals surface area (Å²) < 4.78 is 12.1. The molecule has 0 saturated heterocycles. The average Bonchev–Trinajstić information content (AvgIpc) is 2.96. The van der Waals surface area contributed by atoms with Gasteiger partial charge in [0.15, 0.2) is 0 Å². The van der Waals surface area contributed by atoms with Crippen LogP contribution in [-0.2, 0) is 6.54 Å². The van der Waals surface area contributed by atoms with E-state index >= 15 is 0 Å². The highest BCUT2D eigenvalue weighted by atomic mass is 32.1. The molecule has 0 bridgehead atoms. The molecular weight excluding hydrogens is 340 g/mol. The number of methoxy groups -OCH3 is 1. The van der Waals surface area contributed by atoms with Gasteiger partial charge in [0.1, 0.15) is 21.2 Å². The van der Waals surface area contributed by atoms with Gasteiger partial charge in [0, 0.05) is 6.54 Å². The second-order valence-corrected chi connectivity index (χ2v) is 6.54. The summed E-state index contributed by atoms with van der Waals surface area (Å²) in [7, 11) is 1.57. The third kappa shape index (κ3) is 3.28. The molecule has 3 aromatic rings. The maximum atomic E-state index is 12.6. The number of esters is 1. The summed E-state index contributed by atoms with van der Waals surface area (Å²) in [4.78, 5) is 30.3. The van der Waals surface area contributed by atoms with Crippen molar-refractivity contribution in [2.24, 2.45) is 0 Å². The number of carbonyl (C=O) groups is 1. The molecular formula is C18H18N2O4S. The van der Waals surface area contributed by atoms with Gasteiger partial charge in [0.2, 0.25) is 0 Å². The molecule has 0 fully saturated rings. The van der Waals surface area contributed by atoms with Crippen molar-refractivity contribution in [1.82, 2.24) is 9.55 Å². The summed E-state index contributed by atoms with van der Waals surface area (Å²) in [6.45, 7) is 4.35. The third-order valence-electron chi connectivity index (χ3n) is 3.84. The van der Waals surface area contributed by atoms with Crippen molar-refractivity contribution in [2.45, 2.75) is 26.8 Å². The van der Waals surface area contributed by atoms with Crippen molar-refractivity contribution in [3.8, 4) is 11.5 Å². The second kappa shape index (κ2) is 7.06. The van der Waals surface area contributed by atoms with E-state index in [4.69, 9.17) is 9.47 Å². The Kier molecular flexibility index (Phi) is 4.85. The molecule has 0 aliphatic heterocycles. The number of hydrogen-bond acceptors (Lipinski definition) is 6. The molecule has 0 aliphatic carbocycles. The predicted molar refractivity (Wildman–Crippen MR) is 96.9 cm³/mol. The van der Waals surface area contributed by atoms with Crippen LogP contribution < -0.4 is 15.0 Å². The Bertz CT molecular complexity index is 973. The van der Waals surface area contributed by atoms with Gasteiger partial charge >= 0.3 is 5.97 Å². The molecule has 0 N–H and O–H groups in total. The fraction of sp³-hybridized carbons (Fsp3) is 0.278. The van der Waals surface area contributed by atoms with Crippen LogP contribution in [0.15, 0.2) is 35.4 Å². The van der Waals surface area contributed by atoms with E-state index in [9.17, 15) is 9.59 Å². The Morgan fingerprint density at radius 3 is 2.56 bits per heavy atom. The monoisotopic (exact) mass is 358 g/mol. The minimum Gasteiger partial charge on any atom is -0.497 e. The van der Waals surface area contributed by atoms with Gasteiger partial charge in [0.05, 0.1) is 18.8 Å². The number of carbonyl (C=O) groups excluding carboxylic acids is 1. The van der Waals surface area contributed by atoms with Gasteiger partial charge in [-0.3, -0.25) is 9.36 Å². The van der Waals surface area contributed by atoms with Crippen LogP contribution in [0.4, 0.5) is 0 Å². The quantitative estimate of drug-likeness (QED) is 0.516. The number of aromatic nitrogens is 2. The van der Waals surface area contributed by atoms with Crippen LogP contribution in [0.1, 0.15) is 28.6 Å². The maximum absolute atomic E-state index is 12.6. The Morgan fingerprint density at radius 2 is 1.92 bits per heavy atom. The molecule has 0 unspecified atom stereocenters. The number of rotatable bonds is 5. The highest BCUT2D eigenvalue weighted by Gasteiger charge is 2.21. The Hall–Kier alpha value is -2.67. The van der Waals surface area contributed by atoms with E-state index in [1.54, 1.807) is 42.9 Å². The fourth-order valence-corrected chi connectivity index (χ4v) is 3.57. The topological polar surface area (TPSA) is 70.4 Å². The van der Waals surface area contributed by atoms with Gasteiger partial charge in [-0.05, 0) is 43.2 Å². The van der Waals surface area contributed by atoms with E-state index in [0.29, 0.717) is 38.7 Å². The first-order valence-electron chi connectivity index (χ1n) is 7.90. The molecule has 0 aliphatic rings. The first-order chi connectivity index (χ1) is 12.0. The number of hydrogen-bond donors (Lipinski definition) is 0. The zero-order valence-electron chi connectivity index (χ0n) is 14.2. The van der Waals surface area contributed by atoms with E-state index in [0.717, 1.165) is 6.42 Å². The maximum Gasteiger partial charge on any atom is 0.354 e. The van der Waals surface area contributed by atoms with E-state index in [1.165, 1.54) is 17.7 Å². The molecule has 0 amide bonds. The normalized spacial score (nSPS) is 10.8. The number of aryl methyl sites for hydroxylation is 2. The molecule has 0 spiro atoms. The fourth-order valence-electron chi connectivity index (χ4n) is 2.55. The molecule has 7 heteroatoms. The lowest BCUT2D eigenvalue weighted by atomic mass is 10.2. The van der Waals surface area contributed by atoms with Crippen LogP contribution in [0.3, 0.4) is 0 Å². The van der Waals surface area contributed by atoms with Crippen LogP contribution in [0.2, 0.25) is 0 Å². The molecule has 0 saturated carbocycles. The molecule has 0 radical (unpaired) electrons. The van der Waals surface area contributed by atoms with Crippen molar-refractivity contribution in [3.63, 3.8) is 0 Å². The Labute approximate surface area is 148 Å². The van der Waals surface area contributed by atoms with Gasteiger partial charge < -0.3 is 9.47 Å². The summed E-state index contributed by atoms with van der Waals surface area (Å²) >= 11 is 1.18. The predicted octanol–water partition coefficient (Wildman–Crippen LogP) is 3.40. The SMILES string of the molecule is CCCn1cnc2sc(C(=O)Oc3ccc(OC)cc3)c(C)c2c1=O. The molecule has 1 aromatic carbocycles. The summed E-state index contributed by atoms with van der Waals surface area (Å²) in [6, 6.07) is 6.74. The highest BCUT2D eigenvalue weighted by Crippen LogP contribution is 2.28. The van der Waals surface area contributed by atoms with Crippen molar-refractivity contribution < 1.29 is 14.3 Å². The number of thiophene rings is 1. The van der Waals surface area contributed by atoms with Crippen LogP contribution in [0.25, 0.3) is 10.2 Å². The molecule has 25 heavy (non-hydrogen) atoms. The molecule has 2 aromatic heterocycles. The average molecular weight is 358 g/mol. The van der Waals surface area contributed by atoms with E-state index in [2.05, 4.69) is 4.98 Å². The van der Waals surface area contributed by atoms with Crippen molar-refractivity contribution in [1.29, 1.82) is 0 Å². The van der Waals surface area contributed by atoms with Crippen LogP contribution in [0, 0.1) is 6.92 Å². The van der Waals surface area contributed by atoms with Crippen LogP contribution in [0.5, 0.6) is 11.5 Å². The summed E-state index contributed by atoms with van der Waals surface area (Å²) in [5.74, 6) is 0.602. The molecule has 130 valence electrons. The Balaban J connectivity index is 1.94. The molecule has 2 heterocycles. The minimum atomic E-state index is -0.493. The van der Waals surface area contributed by atoms with Crippen molar-refractivity contribution >= 4 is 27.5 Å². The smallest absolute Gasteiger partial charge is 0.354 e. The zero-order chi connectivity index (χ0) is 18.0. The van der Waals surface area contributed by atoms with Gasteiger partial charge in [-0.15, -0.1) is 11.3 Å².